The summed E-state index contributed by atoms with van der Waals surface area (Å²) in [5, 5.41) is 1.06. The lowest BCUT2D eigenvalue weighted by Gasteiger charge is -2.14. The van der Waals surface area contributed by atoms with Crippen molar-refractivity contribution in [1.82, 2.24) is 0 Å². The van der Waals surface area contributed by atoms with Crippen molar-refractivity contribution >= 4 is 38.9 Å². The van der Waals surface area contributed by atoms with Crippen molar-refractivity contribution < 1.29 is 8.42 Å². The minimum atomic E-state index is -3.69. The molecule has 0 spiro atoms. The Morgan fingerprint density at radius 2 is 1.62 bits per heavy atom. The first-order chi connectivity index (χ1) is 9.72. The third-order valence-corrected chi connectivity index (χ3v) is 5.58. The molecule has 6 heteroatoms. The van der Waals surface area contributed by atoms with Crippen molar-refractivity contribution in [2.24, 2.45) is 0 Å². The number of benzene rings is 2. The summed E-state index contributed by atoms with van der Waals surface area (Å²) in [6.45, 7) is 5.25. The van der Waals surface area contributed by atoms with Crippen LogP contribution >= 0.6 is 23.2 Å². The first-order valence-corrected chi connectivity index (χ1v) is 8.51. The Bertz CT molecular complexity index is 802. The number of nitrogens with one attached hydrogen (secondary N) is 1. The van der Waals surface area contributed by atoms with E-state index < -0.39 is 10.0 Å². The zero-order valence-electron chi connectivity index (χ0n) is 11.9. The van der Waals surface area contributed by atoms with Crippen molar-refractivity contribution in [3.8, 4) is 0 Å². The summed E-state index contributed by atoms with van der Waals surface area (Å²) >= 11 is 12.0. The largest absolute Gasteiger partial charge is 0.279 e. The van der Waals surface area contributed by atoms with Crippen molar-refractivity contribution in [1.29, 1.82) is 0 Å². The van der Waals surface area contributed by atoms with E-state index in [2.05, 4.69) is 4.72 Å². The standard InChI is InChI=1S/C15H15Cl2NO2S/c1-9-8-15(10(2)7-13(9)17)21(19,20)18-14-6-4-5-12(16)11(14)3/h4-8,18H,1-3H3. The summed E-state index contributed by atoms with van der Waals surface area (Å²) in [6, 6.07) is 8.31. The Hall–Kier alpha value is -1.23. The highest BCUT2D eigenvalue weighted by atomic mass is 35.5. The predicted molar refractivity (Wildman–Crippen MR) is 87.9 cm³/mol. The maximum atomic E-state index is 12.6. The molecule has 0 aromatic heterocycles. The van der Waals surface area contributed by atoms with Gasteiger partial charge in [0.05, 0.1) is 10.6 Å². The van der Waals surface area contributed by atoms with E-state index in [9.17, 15) is 8.42 Å². The molecule has 0 radical (unpaired) electrons. The molecule has 0 atom stereocenters. The van der Waals surface area contributed by atoms with Crippen molar-refractivity contribution in [3.63, 3.8) is 0 Å². The molecule has 1 N–H and O–H groups in total. The van der Waals surface area contributed by atoms with Crippen molar-refractivity contribution in [2.45, 2.75) is 25.7 Å². The molecule has 112 valence electrons. The molecule has 0 saturated carbocycles. The van der Waals surface area contributed by atoms with Crippen LogP contribution in [0.4, 0.5) is 5.69 Å². The quantitative estimate of drug-likeness (QED) is 0.876. The van der Waals surface area contributed by atoms with Gasteiger partial charge in [0.25, 0.3) is 10.0 Å². The van der Waals surface area contributed by atoms with E-state index in [1.807, 2.05) is 0 Å². The summed E-state index contributed by atoms with van der Waals surface area (Å²) in [5.41, 5.74) is 2.46. The first kappa shape index (κ1) is 16.1. The van der Waals surface area contributed by atoms with Crippen molar-refractivity contribution in [3.05, 3.63) is 57.1 Å². The Kier molecular flexibility index (Phi) is 4.51. The Labute approximate surface area is 135 Å². The molecule has 2 aromatic rings. The highest BCUT2D eigenvalue weighted by Gasteiger charge is 2.19. The highest BCUT2D eigenvalue weighted by Crippen LogP contribution is 2.28. The second-order valence-electron chi connectivity index (χ2n) is 4.88. The SMILES string of the molecule is Cc1cc(S(=O)(=O)Nc2cccc(Cl)c2C)c(C)cc1Cl. The van der Waals surface area contributed by atoms with Crippen LogP contribution in [0.3, 0.4) is 0 Å². The molecular formula is C15H15Cl2NO2S. The van der Waals surface area contributed by atoms with Gasteiger partial charge in [0.2, 0.25) is 0 Å². The monoisotopic (exact) mass is 343 g/mol. The minimum absolute atomic E-state index is 0.212. The summed E-state index contributed by atoms with van der Waals surface area (Å²) in [4.78, 5) is 0.212. The fourth-order valence-electron chi connectivity index (χ4n) is 1.96. The van der Waals surface area contributed by atoms with Gasteiger partial charge in [-0.25, -0.2) is 8.42 Å². The van der Waals surface area contributed by atoms with E-state index in [0.717, 1.165) is 0 Å². The zero-order chi connectivity index (χ0) is 15.8. The van der Waals surface area contributed by atoms with Crippen LogP contribution in [-0.4, -0.2) is 8.42 Å². The average molecular weight is 344 g/mol. The molecule has 2 aromatic carbocycles. The number of sulfonamides is 1. The maximum Gasteiger partial charge on any atom is 0.262 e. The van der Waals surface area contributed by atoms with Gasteiger partial charge < -0.3 is 0 Å². The maximum absolute atomic E-state index is 12.6. The molecule has 0 saturated heterocycles. The van der Waals surface area contributed by atoms with Gasteiger partial charge in [0, 0.05) is 10.0 Å². The number of hydrogen-bond acceptors (Lipinski definition) is 2. The predicted octanol–water partition coefficient (Wildman–Crippen LogP) is 4.72. The highest BCUT2D eigenvalue weighted by molar-refractivity contribution is 7.92. The number of hydrogen-bond donors (Lipinski definition) is 1. The number of aryl methyl sites for hydroxylation is 2. The van der Waals surface area contributed by atoms with Gasteiger partial charge in [-0.05, 0) is 61.7 Å². The second kappa shape index (κ2) is 5.87. The molecule has 0 heterocycles. The molecule has 0 fully saturated rings. The Balaban J connectivity index is 2.48. The smallest absolute Gasteiger partial charge is 0.262 e. The van der Waals surface area contributed by atoms with Gasteiger partial charge in [0.15, 0.2) is 0 Å². The van der Waals surface area contributed by atoms with Gasteiger partial charge in [0.1, 0.15) is 0 Å². The van der Waals surface area contributed by atoms with E-state index in [1.165, 1.54) is 0 Å². The third-order valence-electron chi connectivity index (χ3n) is 3.26. The van der Waals surface area contributed by atoms with Crippen LogP contribution in [0.1, 0.15) is 16.7 Å². The number of rotatable bonds is 3. The molecular weight excluding hydrogens is 329 g/mol. The fourth-order valence-corrected chi connectivity index (χ4v) is 3.79. The summed E-state index contributed by atoms with van der Waals surface area (Å²) < 4.78 is 27.7. The average Bonchev–Trinajstić information content (AvgIpc) is 2.39. The summed E-state index contributed by atoms with van der Waals surface area (Å²) in [6.07, 6.45) is 0. The summed E-state index contributed by atoms with van der Waals surface area (Å²) in [5.74, 6) is 0. The molecule has 0 aliphatic heterocycles. The molecule has 0 bridgehead atoms. The van der Waals surface area contributed by atoms with Gasteiger partial charge in [-0.15, -0.1) is 0 Å². The second-order valence-corrected chi connectivity index (χ2v) is 7.35. The molecule has 0 aliphatic carbocycles. The molecule has 0 amide bonds. The van der Waals surface area contributed by atoms with E-state index in [0.29, 0.717) is 32.4 Å². The lowest BCUT2D eigenvalue weighted by Crippen LogP contribution is -2.15. The fraction of sp³-hybridized carbons (Fsp3) is 0.200. The van der Waals surface area contributed by atoms with Gasteiger partial charge in [-0.1, -0.05) is 29.3 Å². The lowest BCUT2D eigenvalue weighted by molar-refractivity contribution is 0.600. The Morgan fingerprint density at radius 1 is 0.952 bits per heavy atom. The number of anilines is 1. The van der Waals surface area contributed by atoms with Crippen LogP contribution in [0.15, 0.2) is 35.2 Å². The first-order valence-electron chi connectivity index (χ1n) is 6.27. The molecule has 3 nitrogen and oxygen atoms in total. The molecule has 2 rings (SSSR count). The van der Waals surface area contributed by atoms with Crippen LogP contribution < -0.4 is 4.72 Å². The molecule has 21 heavy (non-hydrogen) atoms. The topological polar surface area (TPSA) is 46.2 Å². The van der Waals surface area contributed by atoms with Gasteiger partial charge in [-0.3, -0.25) is 4.72 Å². The third kappa shape index (κ3) is 3.34. The van der Waals surface area contributed by atoms with E-state index in [-0.39, 0.29) is 4.90 Å². The normalized spacial score (nSPS) is 11.5. The van der Waals surface area contributed by atoms with E-state index in [4.69, 9.17) is 23.2 Å². The van der Waals surface area contributed by atoms with Crippen LogP contribution in [0.5, 0.6) is 0 Å². The summed E-state index contributed by atoms with van der Waals surface area (Å²) in [7, 11) is -3.69. The lowest BCUT2D eigenvalue weighted by atomic mass is 10.2. The minimum Gasteiger partial charge on any atom is -0.279 e. The van der Waals surface area contributed by atoms with Crippen LogP contribution in [0.2, 0.25) is 10.0 Å². The molecule has 0 unspecified atom stereocenters. The van der Waals surface area contributed by atoms with Crippen LogP contribution in [-0.2, 0) is 10.0 Å². The molecule has 0 aliphatic rings. The number of halogens is 2. The van der Waals surface area contributed by atoms with E-state index in [1.54, 1.807) is 51.1 Å². The Morgan fingerprint density at radius 3 is 2.29 bits per heavy atom. The van der Waals surface area contributed by atoms with E-state index >= 15 is 0 Å². The zero-order valence-corrected chi connectivity index (χ0v) is 14.2. The van der Waals surface area contributed by atoms with Crippen molar-refractivity contribution in [2.75, 3.05) is 4.72 Å². The van der Waals surface area contributed by atoms with Crippen LogP contribution in [0.25, 0.3) is 0 Å². The van der Waals surface area contributed by atoms with Gasteiger partial charge in [-0.2, -0.15) is 0 Å². The van der Waals surface area contributed by atoms with Gasteiger partial charge >= 0.3 is 0 Å². The van der Waals surface area contributed by atoms with Crippen LogP contribution in [0, 0.1) is 20.8 Å².